The lowest BCUT2D eigenvalue weighted by molar-refractivity contribution is 0.0382. The van der Waals surface area contributed by atoms with Crippen LogP contribution in [-0.4, -0.2) is 60.4 Å². The average Bonchev–Trinajstić information content (AvgIpc) is 3.06. The molecular weight excluding hydrogens is 303 g/mol. The van der Waals surface area contributed by atoms with Gasteiger partial charge in [0.1, 0.15) is 5.82 Å². The number of halogens is 1. The highest BCUT2D eigenvalue weighted by Crippen LogP contribution is 2.18. The minimum absolute atomic E-state index is 0.114. The zero-order valence-corrected chi connectivity index (χ0v) is 12.5. The lowest BCUT2D eigenvalue weighted by Crippen LogP contribution is -2.41. The Balaban J connectivity index is 1.54. The Hall–Kier alpha value is -2.32. The molecule has 2 aromatic rings. The van der Waals surface area contributed by atoms with Crippen molar-refractivity contribution in [2.75, 3.05) is 39.4 Å². The van der Waals surface area contributed by atoms with Crippen molar-refractivity contribution >= 4 is 5.91 Å². The molecular formula is C15H17FN4O3. The van der Waals surface area contributed by atoms with E-state index >= 15 is 0 Å². The number of rotatable bonds is 5. The van der Waals surface area contributed by atoms with E-state index in [0.29, 0.717) is 25.3 Å². The van der Waals surface area contributed by atoms with Crippen molar-refractivity contribution in [3.63, 3.8) is 0 Å². The number of amides is 1. The summed E-state index contributed by atoms with van der Waals surface area (Å²) in [6, 6.07) is 5.76. The summed E-state index contributed by atoms with van der Waals surface area (Å²) in [6.45, 7) is 4.37. The second-order valence-electron chi connectivity index (χ2n) is 5.13. The van der Waals surface area contributed by atoms with Crippen molar-refractivity contribution in [1.82, 2.24) is 20.4 Å². The normalized spacial score (nSPS) is 15.5. The van der Waals surface area contributed by atoms with Crippen LogP contribution in [0.5, 0.6) is 0 Å². The maximum atomic E-state index is 13.2. The van der Waals surface area contributed by atoms with Crippen LogP contribution in [-0.2, 0) is 4.74 Å². The SMILES string of the molecule is O=C(NCCN1CCOCC1)c1nnc(-c2cccc(F)c2)o1. The van der Waals surface area contributed by atoms with Crippen LogP contribution in [0.2, 0.25) is 0 Å². The molecule has 0 spiro atoms. The molecule has 8 heteroatoms. The van der Waals surface area contributed by atoms with Crippen LogP contribution in [0.25, 0.3) is 11.5 Å². The summed E-state index contributed by atoms with van der Waals surface area (Å²) >= 11 is 0. The van der Waals surface area contributed by atoms with E-state index in [-0.39, 0.29) is 11.8 Å². The standard InChI is InChI=1S/C15H17FN4O3/c16-12-3-1-2-11(10-12)14-18-19-15(23-14)13(21)17-4-5-20-6-8-22-9-7-20/h1-3,10H,4-9H2,(H,17,21). The Morgan fingerprint density at radius 1 is 1.30 bits per heavy atom. The molecule has 1 fully saturated rings. The van der Waals surface area contributed by atoms with Gasteiger partial charge < -0.3 is 14.5 Å². The molecule has 1 aromatic carbocycles. The van der Waals surface area contributed by atoms with E-state index in [0.717, 1.165) is 19.6 Å². The van der Waals surface area contributed by atoms with E-state index in [9.17, 15) is 9.18 Å². The summed E-state index contributed by atoms with van der Waals surface area (Å²) in [5.41, 5.74) is 0.435. The monoisotopic (exact) mass is 320 g/mol. The maximum Gasteiger partial charge on any atom is 0.308 e. The quantitative estimate of drug-likeness (QED) is 0.883. The first kappa shape index (κ1) is 15.6. The van der Waals surface area contributed by atoms with Gasteiger partial charge in [0, 0.05) is 31.7 Å². The number of hydrogen-bond acceptors (Lipinski definition) is 6. The molecule has 1 N–H and O–H groups in total. The third kappa shape index (κ3) is 4.11. The fourth-order valence-corrected chi connectivity index (χ4v) is 2.28. The van der Waals surface area contributed by atoms with Gasteiger partial charge in [-0.2, -0.15) is 0 Å². The van der Waals surface area contributed by atoms with E-state index in [2.05, 4.69) is 20.4 Å². The second-order valence-corrected chi connectivity index (χ2v) is 5.13. The summed E-state index contributed by atoms with van der Waals surface area (Å²) in [4.78, 5) is 14.2. The largest absolute Gasteiger partial charge is 0.412 e. The van der Waals surface area contributed by atoms with Crippen molar-refractivity contribution in [3.05, 3.63) is 36.0 Å². The first-order valence-corrected chi connectivity index (χ1v) is 7.40. The first-order valence-electron chi connectivity index (χ1n) is 7.40. The number of nitrogens with zero attached hydrogens (tertiary/aromatic N) is 3. The lowest BCUT2D eigenvalue weighted by Gasteiger charge is -2.26. The molecule has 0 unspecified atom stereocenters. The van der Waals surface area contributed by atoms with Gasteiger partial charge >= 0.3 is 11.8 Å². The highest BCUT2D eigenvalue weighted by atomic mass is 19.1. The van der Waals surface area contributed by atoms with Gasteiger partial charge in [-0.1, -0.05) is 6.07 Å². The molecule has 23 heavy (non-hydrogen) atoms. The van der Waals surface area contributed by atoms with Crippen molar-refractivity contribution in [2.45, 2.75) is 0 Å². The molecule has 0 saturated carbocycles. The number of aromatic nitrogens is 2. The maximum absolute atomic E-state index is 13.2. The van der Waals surface area contributed by atoms with Crippen LogP contribution in [0.1, 0.15) is 10.7 Å². The van der Waals surface area contributed by atoms with Gasteiger partial charge in [0.25, 0.3) is 0 Å². The van der Waals surface area contributed by atoms with Gasteiger partial charge in [-0.15, -0.1) is 10.2 Å². The van der Waals surface area contributed by atoms with Crippen LogP contribution >= 0.6 is 0 Å². The van der Waals surface area contributed by atoms with Crippen LogP contribution in [0.4, 0.5) is 4.39 Å². The molecule has 0 aliphatic carbocycles. The molecule has 122 valence electrons. The van der Waals surface area contributed by atoms with Gasteiger partial charge in [0.15, 0.2) is 0 Å². The van der Waals surface area contributed by atoms with Crippen LogP contribution < -0.4 is 5.32 Å². The Labute approximate surface area is 132 Å². The van der Waals surface area contributed by atoms with Gasteiger partial charge in [-0.05, 0) is 18.2 Å². The number of benzene rings is 1. The molecule has 0 atom stereocenters. The van der Waals surface area contributed by atoms with Crippen LogP contribution in [0.3, 0.4) is 0 Å². The summed E-state index contributed by atoms with van der Waals surface area (Å²) in [6.07, 6.45) is 0. The summed E-state index contributed by atoms with van der Waals surface area (Å²) in [5.74, 6) is -0.861. The Morgan fingerprint density at radius 3 is 2.91 bits per heavy atom. The Bertz CT molecular complexity index is 670. The van der Waals surface area contributed by atoms with E-state index in [1.54, 1.807) is 6.07 Å². The number of nitrogens with one attached hydrogen (secondary N) is 1. The number of hydrogen-bond donors (Lipinski definition) is 1. The Kier molecular flexibility index (Phi) is 4.94. The van der Waals surface area contributed by atoms with Crippen LogP contribution in [0.15, 0.2) is 28.7 Å². The second kappa shape index (κ2) is 7.30. The fourth-order valence-electron chi connectivity index (χ4n) is 2.28. The van der Waals surface area contributed by atoms with E-state index in [1.807, 2.05) is 0 Å². The molecule has 0 radical (unpaired) electrons. The summed E-state index contributed by atoms with van der Waals surface area (Å²) < 4.78 is 23.7. The molecule has 1 aromatic heterocycles. The van der Waals surface area contributed by atoms with Gasteiger partial charge in [-0.25, -0.2) is 4.39 Å². The molecule has 1 aliphatic heterocycles. The minimum Gasteiger partial charge on any atom is -0.412 e. The third-order valence-corrected chi connectivity index (χ3v) is 3.51. The zero-order valence-electron chi connectivity index (χ0n) is 12.5. The topological polar surface area (TPSA) is 80.5 Å². The first-order chi connectivity index (χ1) is 11.2. The van der Waals surface area contributed by atoms with E-state index in [1.165, 1.54) is 18.2 Å². The predicted octanol–water partition coefficient (Wildman–Crippen LogP) is 0.938. The molecule has 0 bridgehead atoms. The molecule has 2 heterocycles. The lowest BCUT2D eigenvalue weighted by atomic mass is 10.2. The van der Waals surface area contributed by atoms with Crippen LogP contribution in [0, 0.1) is 5.82 Å². The summed E-state index contributed by atoms with van der Waals surface area (Å²) in [7, 11) is 0. The molecule has 1 amide bonds. The minimum atomic E-state index is -0.437. The van der Waals surface area contributed by atoms with Gasteiger partial charge in [0.2, 0.25) is 5.89 Å². The summed E-state index contributed by atoms with van der Waals surface area (Å²) in [5, 5.41) is 10.2. The molecule has 3 rings (SSSR count). The molecule has 1 aliphatic rings. The smallest absolute Gasteiger partial charge is 0.308 e. The number of morpholine rings is 1. The van der Waals surface area contributed by atoms with Crippen molar-refractivity contribution < 1.29 is 18.3 Å². The molecule has 1 saturated heterocycles. The highest BCUT2D eigenvalue weighted by molar-refractivity contribution is 5.89. The number of ether oxygens (including phenoxy) is 1. The Morgan fingerprint density at radius 2 is 2.13 bits per heavy atom. The number of carbonyl (C=O) groups is 1. The highest BCUT2D eigenvalue weighted by Gasteiger charge is 2.16. The van der Waals surface area contributed by atoms with E-state index in [4.69, 9.17) is 9.15 Å². The molecule has 7 nitrogen and oxygen atoms in total. The third-order valence-electron chi connectivity index (χ3n) is 3.51. The van der Waals surface area contributed by atoms with Crippen molar-refractivity contribution in [3.8, 4) is 11.5 Å². The zero-order chi connectivity index (χ0) is 16.1. The van der Waals surface area contributed by atoms with Crippen molar-refractivity contribution in [2.24, 2.45) is 0 Å². The van der Waals surface area contributed by atoms with Crippen molar-refractivity contribution in [1.29, 1.82) is 0 Å². The van der Waals surface area contributed by atoms with Gasteiger partial charge in [0.05, 0.1) is 13.2 Å². The van der Waals surface area contributed by atoms with E-state index < -0.39 is 11.7 Å². The van der Waals surface area contributed by atoms with Gasteiger partial charge in [-0.3, -0.25) is 9.69 Å². The average molecular weight is 320 g/mol. The fraction of sp³-hybridized carbons (Fsp3) is 0.400. The number of carbonyl (C=O) groups excluding carboxylic acids is 1. The predicted molar refractivity (Wildman–Crippen MR) is 79.3 cm³/mol.